The van der Waals surface area contributed by atoms with Gasteiger partial charge in [-0.2, -0.15) is 0 Å². The average molecular weight is 425 g/mol. The molecular weight excluding hydrogens is 392 g/mol. The fraction of sp³-hybridized carbons (Fsp3) is 0.619. The molecule has 2 atom stereocenters. The Bertz CT molecular complexity index is 667. The molecular formula is C21H33ClN4O3. The van der Waals surface area contributed by atoms with Gasteiger partial charge in [0.15, 0.2) is 0 Å². The Kier molecular flexibility index (Phi) is 9.70. The van der Waals surface area contributed by atoms with Crippen LogP contribution in [0.1, 0.15) is 31.2 Å². The summed E-state index contributed by atoms with van der Waals surface area (Å²) in [6, 6.07) is 7.69. The van der Waals surface area contributed by atoms with Crippen molar-refractivity contribution in [3.05, 3.63) is 29.8 Å². The van der Waals surface area contributed by atoms with Crippen molar-refractivity contribution < 1.29 is 14.3 Å². The maximum Gasteiger partial charge on any atom is 0.237 e. The number of carbonyl (C=O) groups excluding carboxylic acids is 2. The molecule has 0 aromatic heterocycles. The summed E-state index contributed by atoms with van der Waals surface area (Å²) in [5.74, 6) is 1.35. The van der Waals surface area contributed by atoms with Crippen molar-refractivity contribution in [1.82, 2.24) is 20.9 Å². The molecule has 0 saturated carbocycles. The van der Waals surface area contributed by atoms with Gasteiger partial charge in [0.1, 0.15) is 5.75 Å². The number of nitrogens with zero attached hydrogens (tertiary/aromatic N) is 1. The first-order valence-corrected chi connectivity index (χ1v) is 10.3. The van der Waals surface area contributed by atoms with Crippen molar-refractivity contribution in [3.8, 4) is 5.75 Å². The van der Waals surface area contributed by atoms with Gasteiger partial charge in [0.2, 0.25) is 11.8 Å². The van der Waals surface area contributed by atoms with Crippen molar-refractivity contribution in [2.24, 2.45) is 5.92 Å². The van der Waals surface area contributed by atoms with Gasteiger partial charge in [0.25, 0.3) is 0 Å². The number of nitrogens with one attached hydrogen (secondary N) is 3. The number of amides is 2. The molecule has 0 aliphatic carbocycles. The monoisotopic (exact) mass is 424 g/mol. The van der Waals surface area contributed by atoms with Crippen molar-refractivity contribution in [2.75, 3.05) is 39.8 Å². The second-order valence-electron chi connectivity index (χ2n) is 7.77. The quantitative estimate of drug-likeness (QED) is 0.586. The molecule has 29 heavy (non-hydrogen) atoms. The van der Waals surface area contributed by atoms with Gasteiger partial charge in [-0.1, -0.05) is 12.1 Å². The van der Waals surface area contributed by atoms with E-state index in [1.807, 2.05) is 24.3 Å². The summed E-state index contributed by atoms with van der Waals surface area (Å²) in [6.45, 7) is 4.31. The van der Waals surface area contributed by atoms with Crippen LogP contribution in [0, 0.1) is 5.92 Å². The molecule has 0 spiro atoms. The Morgan fingerprint density at radius 2 is 2.10 bits per heavy atom. The third-order valence-electron chi connectivity index (χ3n) is 5.54. The van der Waals surface area contributed by atoms with Crippen LogP contribution in [0.4, 0.5) is 0 Å². The Hall–Kier alpha value is -1.83. The highest BCUT2D eigenvalue weighted by molar-refractivity contribution is 5.85. The Labute approximate surface area is 179 Å². The van der Waals surface area contributed by atoms with Crippen LogP contribution in [-0.4, -0.2) is 62.6 Å². The third kappa shape index (κ3) is 7.49. The standard InChI is InChI=1S/C21H32N4O3.ClH/c1-28-18-7-2-5-16(11-18)12-23-20(26)15-25-10-4-6-17(14-25)13-24-21(27)19-8-3-9-22-19;/h2,5,7,11,17,19,22H,3-4,6,8-10,12-15H2,1H3,(H,23,26)(H,24,27);1H. The van der Waals surface area contributed by atoms with Gasteiger partial charge in [-0.05, 0) is 62.4 Å². The number of hydrogen-bond acceptors (Lipinski definition) is 5. The molecule has 7 nitrogen and oxygen atoms in total. The Balaban J connectivity index is 0.00000300. The Morgan fingerprint density at radius 1 is 1.24 bits per heavy atom. The maximum absolute atomic E-state index is 12.3. The minimum atomic E-state index is -0.0258. The molecule has 2 fully saturated rings. The highest BCUT2D eigenvalue weighted by Crippen LogP contribution is 2.16. The van der Waals surface area contributed by atoms with E-state index in [2.05, 4.69) is 20.9 Å². The topological polar surface area (TPSA) is 82.7 Å². The molecule has 2 unspecified atom stereocenters. The van der Waals surface area contributed by atoms with Crippen LogP contribution in [0.25, 0.3) is 0 Å². The highest BCUT2D eigenvalue weighted by atomic mass is 35.5. The van der Waals surface area contributed by atoms with Crippen LogP contribution in [-0.2, 0) is 16.1 Å². The molecule has 2 amide bonds. The number of halogens is 1. The summed E-state index contributed by atoms with van der Waals surface area (Å²) in [5.41, 5.74) is 1.02. The lowest BCUT2D eigenvalue weighted by Crippen LogP contribution is -2.47. The number of carbonyl (C=O) groups is 2. The first kappa shape index (κ1) is 23.4. The van der Waals surface area contributed by atoms with E-state index in [1.165, 1.54) is 0 Å². The minimum absolute atomic E-state index is 0. The smallest absolute Gasteiger partial charge is 0.237 e. The molecule has 2 aliphatic rings. The molecule has 0 bridgehead atoms. The summed E-state index contributed by atoms with van der Waals surface area (Å²) >= 11 is 0. The number of ether oxygens (including phenoxy) is 1. The van der Waals surface area contributed by atoms with Crippen LogP contribution in [0.5, 0.6) is 5.75 Å². The number of rotatable bonds is 8. The molecule has 1 aromatic rings. The second-order valence-corrected chi connectivity index (χ2v) is 7.77. The molecule has 1 aromatic carbocycles. The molecule has 3 rings (SSSR count). The summed E-state index contributed by atoms with van der Waals surface area (Å²) in [4.78, 5) is 26.7. The van der Waals surface area contributed by atoms with Gasteiger partial charge in [-0.3, -0.25) is 14.5 Å². The fourth-order valence-corrected chi connectivity index (χ4v) is 3.98. The summed E-state index contributed by atoms with van der Waals surface area (Å²) in [5, 5.41) is 9.30. The molecule has 8 heteroatoms. The molecule has 162 valence electrons. The number of likely N-dealkylation sites (tertiary alicyclic amines) is 1. The lowest BCUT2D eigenvalue weighted by atomic mass is 9.98. The number of piperidine rings is 1. The fourth-order valence-electron chi connectivity index (χ4n) is 3.98. The van der Waals surface area contributed by atoms with E-state index < -0.39 is 0 Å². The van der Waals surface area contributed by atoms with E-state index in [0.717, 1.165) is 56.6 Å². The Morgan fingerprint density at radius 3 is 2.86 bits per heavy atom. The molecule has 2 heterocycles. The number of hydrogen-bond donors (Lipinski definition) is 3. The van der Waals surface area contributed by atoms with Crippen LogP contribution in [0.2, 0.25) is 0 Å². The predicted molar refractivity (Wildman–Crippen MR) is 115 cm³/mol. The van der Waals surface area contributed by atoms with Crippen molar-refractivity contribution in [1.29, 1.82) is 0 Å². The zero-order valence-corrected chi connectivity index (χ0v) is 17.9. The minimum Gasteiger partial charge on any atom is -0.497 e. The molecule has 2 aliphatic heterocycles. The highest BCUT2D eigenvalue weighted by Gasteiger charge is 2.25. The van der Waals surface area contributed by atoms with Gasteiger partial charge in [-0.15, -0.1) is 12.4 Å². The molecule has 0 radical (unpaired) electrons. The normalized spacial score (nSPS) is 21.8. The zero-order valence-electron chi connectivity index (χ0n) is 17.1. The first-order chi connectivity index (χ1) is 13.6. The average Bonchev–Trinajstić information content (AvgIpc) is 3.26. The maximum atomic E-state index is 12.3. The summed E-state index contributed by atoms with van der Waals surface area (Å²) in [6.07, 6.45) is 4.15. The van der Waals surface area contributed by atoms with Gasteiger partial charge in [-0.25, -0.2) is 0 Å². The van der Waals surface area contributed by atoms with E-state index in [-0.39, 0.29) is 30.3 Å². The van der Waals surface area contributed by atoms with Crippen molar-refractivity contribution >= 4 is 24.2 Å². The zero-order chi connectivity index (χ0) is 19.8. The van der Waals surface area contributed by atoms with Gasteiger partial charge < -0.3 is 20.7 Å². The second kappa shape index (κ2) is 12.0. The van der Waals surface area contributed by atoms with Crippen LogP contribution in [0.15, 0.2) is 24.3 Å². The summed E-state index contributed by atoms with van der Waals surface area (Å²) in [7, 11) is 1.64. The van der Waals surface area contributed by atoms with E-state index in [1.54, 1.807) is 7.11 Å². The third-order valence-corrected chi connectivity index (χ3v) is 5.54. The SMILES string of the molecule is COc1cccc(CNC(=O)CN2CCCC(CNC(=O)C3CCCN3)C2)c1.Cl. The molecule has 2 saturated heterocycles. The largest absolute Gasteiger partial charge is 0.497 e. The van der Waals surface area contributed by atoms with Gasteiger partial charge in [0, 0.05) is 19.6 Å². The van der Waals surface area contributed by atoms with E-state index >= 15 is 0 Å². The number of benzene rings is 1. The van der Waals surface area contributed by atoms with E-state index in [9.17, 15) is 9.59 Å². The first-order valence-electron chi connectivity index (χ1n) is 10.3. The van der Waals surface area contributed by atoms with E-state index in [0.29, 0.717) is 25.6 Å². The number of methoxy groups -OCH3 is 1. The van der Waals surface area contributed by atoms with Crippen molar-refractivity contribution in [2.45, 2.75) is 38.3 Å². The van der Waals surface area contributed by atoms with Crippen LogP contribution >= 0.6 is 12.4 Å². The summed E-state index contributed by atoms with van der Waals surface area (Å²) < 4.78 is 5.21. The van der Waals surface area contributed by atoms with E-state index in [4.69, 9.17) is 4.74 Å². The van der Waals surface area contributed by atoms with Crippen LogP contribution in [0.3, 0.4) is 0 Å². The van der Waals surface area contributed by atoms with Gasteiger partial charge >= 0.3 is 0 Å². The lowest BCUT2D eigenvalue weighted by Gasteiger charge is -2.32. The predicted octanol–water partition coefficient (Wildman–Crippen LogP) is 1.31. The molecule has 3 N–H and O–H groups in total. The van der Waals surface area contributed by atoms with Crippen molar-refractivity contribution in [3.63, 3.8) is 0 Å². The van der Waals surface area contributed by atoms with Crippen LogP contribution < -0.4 is 20.7 Å². The van der Waals surface area contributed by atoms with Gasteiger partial charge in [0.05, 0.1) is 19.7 Å². The lowest BCUT2D eigenvalue weighted by molar-refractivity contribution is -0.124.